The number of hydrogen-bond acceptors (Lipinski definition) is 2. The van der Waals surface area contributed by atoms with Gasteiger partial charge in [-0.2, -0.15) is 164 Å². The smallest absolute Gasteiger partial charge is 0.101 e. The maximum absolute atomic E-state index is 5.08. The molecule has 134 heavy (non-hydrogen) atoms. The van der Waals surface area contributed by atoms with E-state index in [2.05, 4.69) is 364 Å². The molecule has 4 radical (unpaired) electrons. The molecule has 6 heteroatoms. The zero-order chi connectivity index (χ0) is 101. The van der Waals surface area contributed by atoms with Crippen molar-refractivity contribution in [3.05, 3.63) is 403 Å². The van der Waals surface area contributed by atoms with Gasteiger partial charge in [-0.1, -0.05) is 363 Å². The van der Waals surface area contributed by atoms with Gasteiger partial charge in [0.05, 0.1) is 0 Å². The largest absolute Gasteiger partial charge is 0.467 e. The van der Waals surface area contributed by atoms with Crippen LogP contribution in [0.3, 0.4) is 0 Å². The second kappa shape index (κ2) is 96.8. The first kappa shape index (κ1) is 148. The standard InChI is InChI=1S/2C16H14.4C14H12.C6H8O.C6H8S.14C2H6.4Y/c1-11-3-7-15-13(9-11)5-6-14-10-12(2)4-8-16(14)15;1-11-7-8-15-13(9-11)10-12(2)14-5-3-4-6-16(14)15;1-11-3-7-13(8-4-11)14-9-5-12(2)6-10-14;2*1-11-5-3-7-13(9-11)14-8-4-6-12(2)10-14;1-11-6-8-13(9-7-11)14-5-3-4-12(2)10-14;2*1-5-3-4-6(2)7-5;14*1-2;;;;/h2*3-10H,1-2H3;3-7,9H,1-2H3;3-6,9-10H,1-2H3;3-8H,1-2H3;3-4,6-8,10H,1-2H3;2*3-4H,1-2H3;14*1-2H3;;;;/q;;4*-2;;;;;;;;;;;;;;;;;;;;. The first-order valence-electron chi connectivity index (χ1n) is 48.8. The van der Waals surface area contributed by atoms with E-state index in [1.165, 1.54) is 108 Å². The van der Waals surface area contributed by atoms with E-state index in [1.54, 1.807) is 0 Å². The van der Waals surface area contributed by atoms with Gasteiger partial charge in [0.15, 0.2) is 0 Å². The van der Waals surface area contributed by atoms with E-state index in [0.717, 1.165) is 67.2 Å². The zero-order valence-corrected chi connectivity index (χ0v) is 105. The molecule has 2 heterocycles. The first-order chi connectivity index (χ1) is 63.1. The van der Waals surface area contributed by atoms with E-state index in [9.17, 15) is 0 Å². The Balaban J connectivity index is -0.000000158. The van der Waals surface area contributed by atoms with Gasteiger partial charge in [-0.3, -0.25) is 0 Å². The summed E-state index contributed by atoms with van der Waals surface area (Å²) in [5.41, 5.74) is 24.0. The molecule has 16 aromatic rings. The van der Waals surface area contributed by atoms with Crippen molar-refractivity contribution < 1.29 is 135 Å². The average Bonchev–Trinajstić information content (AvgIpc) is 0.825. The number of hydrogen-bond donors (Lipinski definition) is 0. The molecule has 0 spiro atoms. The van der Waals surface area contributed by atoms with Crippen molar-refractivity contribution in [3.63, 3.8) is 0 Å². The van der Waals surface area contributed by atoms with Crippen molar-refractivity contribution in [2.45, 2.75) is 305 Å². The van der Waals surface area contributed by atoms with Crippen molar-refractivity contribution >= 4 is 54.4 Å². The maximum Gasteiger partial charge on any atom is 0.101 e. The molecule has 0 saturated carbocycles. The van der Waals surface area contributed by atoms with E-state index >= 15 is 0 Å². The summed E-state index contributed by atoms with van der Waals surface area (Å²) in [7, 11) is 0. The summed E-state index contributed by atoms with van der Waals surface area (Å²) in [5, 5.41) is 10.8. The van der Waals surface area contributed by atoms with Crippen molar-refractivity contribution in [3.8, 4) is 44.5 Å². The van der Waals surface area contributed by atoms with Crippen molar-refractivity contribution in [2.75, 3.05) is 0 Å². The van der Waals surface area contributed by atoms with Gasteiger partial charge in [0.1, 0.15) is 11.5 Å². The Kier molecular flexibility index (Phi) is 107. The van der Waals surface area contributed by atoms with Crippen LogP contribution in [0.15, 0.2) is 271 Å². The van der Waals surface area contributed by atoms with Crippen LogP contribution in [0, 0.1) is 159 Å². The van der Waals surface area contributed by atoms with Crippen molar-refractivity contribution in [1.29, 1.82) is 0 Å². The van der Waals surface area contributed by atoms with Gasteiger partial charge < -0.3 is 4.42 Å². The second-order valence-electron chi connectivity index (χ2n) is 26.5. The van der Waals surface area contributed by atoms with Crippen LogP contribution in [-0.4, -0.2) is 0 Å². The van der Waals surface area contributed by atoms with E-state index in [4.69, 9.17) is 4.42 Å². The van der Waals surface area contributed by atoms with E-state index in [0.29, 0.717) is 0 Å². The predicted molar refractivity (Wildman–Crippen MR) is 599 cm³/mol. The fourth-order valence-electron chi connectivity index (χ4n) is 11.5. The minimum absolute atomic E-state index is 0. The molecule has 16 rings (SSSR count). The van der Waals surface area contributed by atoms with Crippen LogP contribution in [0.2, 0.25) is 0 Å². The molecular weight excluding hydrogens is 1940 g/mol. The molecule has 720 valence electrons. The summed E-state index contributed by atoms with van der Waals surface area (Å²) in [4.78, 5) is 2.80. The van der Waals surface area contributed by atoms with Gasteiger partial charge >= 0.3 is 0 Å². The minimum atomic E-state index is 0. The minimum Gasteiger partial charge on any atom is -0.467 e. The number of aryl methyl sites for hydroxylation is 16. The van der Waals surface area contributed by atoms with Gasteiger partial charge in [0.2, 0.25) is 0 Å². The third kappa shape index (κ3) is 61.1. The van der Waals surface area contributed by atoms with Crippen molar-refractivity contribution in [2.24, 2.45) is 0 Å². The average molecular weight is 2120 g/mol. The Hall–Kier alpha value is -6.48. The fourth-order valence-corrected chi connectivity index (χ4v) is 12.3. The Morgan fingerprint density at radius 1 is 0.194 bits per heavy atom. The Bertz CT molecular complexity index is 5000. The summed E-state index contributed by atoms with van der Waals surface area (Å²) in [6.07, 6.45) is 0. The van der Waals surface area contributed by atoms with Gasteiger partial charge in [0, 0.05) is 141 Å². The molecule has 0 aliphatic rings. The molecule has 14 aromatic carbocycles. The van der Waals surface area contributed by atoms with Crippen LogP contribution >= 0.6 is 11.3 Å². The molecule has 0 aliphatic heterocycles. The zero-order valence-electron chi connectivity index (χ0n) is 92.5. The quantitative estimate of drug-likeness (QED) is 0.126. The Morgan fingerprint density at radius 2 is 0.463 bits per heavy atom. The Labute approximate surface area is 931 Å². The molecule has 0 bridgehead atoms. The second-order valence-corrected chi connectivity index (χ2v) is 28.0. The number of benzene rings is 14. The number of furan rings is 1. The summed E-state index contributed by atoms with van der Waals surface area (Å²) in [6, 6.07) is 119. The van der Waals surface area contributed by atoms with Gasteiger partial charge in [0.25, 0.3) is 0 Å². The third-order valence-corrected chi connectivity index (χ3v) is 17.9. The van der Waals surface area contributed by atoms with Gasteiger partial charge in [-0.15, -0.1) is 86.2 Å². The van der Waals surface area contributed by atoms with Gasteiger partial charge in [-0.25, -0.2) is 44.5 Å². The summed E-state index contributed by atoms with van der Waals surface area (Å²) in [6.45, 7) is 89.3. The maximum atomic E-state index is 5.08. The topological polar surface area (TPSA) is 13.1 Å². The molecule has 2 aromatic heterocycles. The van der Waals surface area contributed by atoms with Crippen LogP contribution in [0.5, 0.6) is 0 Å². The molecule has 0 atom stereocenters. The first-order valence-corrected chi connectivity index (χ1v) is 49.7. The van der Waals surface area contributed by atoms with Gasteiger partial charge in [-0.05, 0) is 128 Å². The summed E-state index contributed by atoms with van der Waals surface area (Å²) >= 11 is 1.84. The predicted octanol–water partition coefficient (Wildman–Crippen LogP) is 42.1. The fraction of sp³-hybridized carbons (Fsp3) is 0.344. The van der Waals surface area contributed by atoms with E-state index in [-0.39, 0.29) is 131 Å². The summed E-state index contributed by atoms with van der Waals surface area (Å²) < 4.78 is 5.08. The molecule has 0 saturated heterocycles. The van der Waals surface area contributed by atoms with E-state index < -0.39 is 0 Å². The van der Waals surface area contributed by atoms with Crippen molar-refractivity contribution in [1.82, 2.24) is 0 Å². The molecular formula is C128H176OSY4-8. The third-order valence-electron chi connectivity index (χ3n) is 16.9. The molecule has 1 nitrogen and oxygen atoms in total. The molecule has 0 N–H and O–H groups in total. The molecule has 0 amide bonds. The normalized spacial score (nSPS) is 8.51. The van der Waals surface area contributed by atoms with Crippen LogP contribution in [0.1, 0.15) is 282 Å². The monoisotopic (exact) mass is 2120 g/mol. The number of rotatable bonds is 4. The van der Waals surface area contributed by atoms with E-state index in [1.807, 2.05) is 268 Å². The Morgan fingerprint density at radius 3 is 0.724 bits per heavy atom. The van der Waals surface area contributed by atoms with Crippen LogP contribution in [0.25, 0.3) is 87.6 Å². The molecule has 0 unspecified atom stereocenters. The van der Waals surface area contributed by atoms with Crippen LogP contribution < -0.4 is 0 Å². The van der Waals surface area contributed by atoms with Crippen LogP contribution in [0.4, 0.5) is 0 Å². The SMILES string of the molecule is CC.CC.CC.CC.CC.CC.CC.CC.CC.CC.CC.CC.CC.CC.Cc1[c-]c(-c2[c-]c(C)ccc2)ccc1.Cc1c[c-]c(-c2[c-]cc(C)cc2)cc1.Cc1c[c-]c(-c2[c-]ccc(C)c2)cc1.Cc1cc[c-]c(-c2[c-]ccc(C)c2)c1.Cc1ccc(C)o1.Cc1ccc(C)s1.Cc1ccc2c(c1)cc(C)c1ccccc12.Cc1ccc2c(ccc3cc(C)ccc32)c1.[Y].[Y].[Y].[Y]. The molecule has 0 fully saturated rings. The number of thiophene rings is 1. The number of fused-ring (bicyclic) bond motifs is 6. The van der Waals surface area contributed by atoms with Crippen LogP contribution in [-0.2, 0) is 131 Å². The molecule has 0 aliphatic carbocycles. The summed E-state index contributed by atoms with van der Waals surface area (Å²) in [5.74, 6) is 1.97.